The van der Waals surface area contributed by atoms with Gasteiger partial charge in [0.05, 0.1) is 31.7 Å². The highest BCUT2D eigenvalue weighted by Crippen LogP contribution is 2.43. The highest BCUT2D eigenvalue weighted by molar-refractivity contribution is 6.12. The summed E-state index contributed by atoms with van der Waals surface area (Å²) in [6.07, 6.45) is -3.25. The van der Waals surface area contributed by atoms with Crippen molar-refractivity contribution >= 4 is 21.8 Å². The minimum atomic E-state index is -4.83. The first-order chi connectivity index (χ1) is 13.8. The third-order valence-electron chi connectivity index (χ3n) is 4.82. The lowest BCUT2D eigenvalue weighted by atomic mass is 9.96. The van der Waals surface area contributed by atoms with Crippen molar-refractivity contribution in [1.29, 1.82) is 0 Å². The molecular weight excluding hydrogens is 390 g/mol. The highest BCUT2D eigenvalue weighted by atomic mass is 19.4. The van der Waals surface area contributed by atoms with Crippen LogP contribution in [0.25, 0.3) is 33.1 Å². The van der Waals surface area contributed by atoms with Crippen LogP contribution in [-0.2, 0) is 6.18 Å². The molecule has 0 saturated heterocycles. The van der Waals surface area contributed by atoms with E-state index in [2.05, 4.69) is 15.2 Å². The van der Waals surface area contributed by atoms with E-state index in [9.17, 15) is 17.6 Å². The molecule has 2 aromatic heterocycles. The van der Waals surface area contributed by atoms with Crippen molar-refractivity contribution in [2.45, 2.75) is 13.1 Å². The second-order valence-corrected chi connectivity index (χ2v) is 6.44. The Labute approximate surface area is 162 Å². The minimum absolute atomic E-state index is 0.117. The average Bonchev–Trinajstić information content (AvgIpc) is 3.14. The van der Waals surface area contributed by atoms with Crippen LogP contribution in [0.15, 0.2) is 30.5 Å². The SMILES string of the molecule is COc1cc2c(-c3ccc(F)c(C(F)(F)F)c3)nc3[nH]ncc3c2c(C)c1OC. The fourth-order valence-corrected chi connectivity index (χ4v) is 3.54. The first kappa shape index (κ1) is 19.0. The van der Waals surface area contributed by atoms with Gasteiger partial charge in [0.25, 0.3) is 0 Å². The molecule has 2 aromatic carbocycles. The van der Waals surface area contributed by atoms with Crippen molar-refractivity contribution in [2.24, 2.45) is 0 Å². The average molecular weight is 405 g/mol. The van der Waals surface area contributed by atoms with Crippen LogP contribution >= 0.6 is 0 Å². The number of alkyl halides is 3. The number of nitrogens with zero attached hydrogens (tertiary/aromatic N) is 2. The zero-order chi connectivity index (χ0) is 20.9. The lowest BCUT2D eigenvalue weighted by Gasteiger charge is -2.16. The number of halogens is 4. The molecule has 0 bridgehead atoms. The zero-order valence-electron chi connectivity index (χ0n) is 15.6. The Balaban J connectivity index is 2.14. The second-order valence-electron chi connectivity index (χ2n) is 6.44. The summed E-state index contributed by atoms with van der Waals surface area (Å²) in [7, 11) is 2.97. The first-order valence-electron chi connectivity index (χ1n) is 8.51. The second kappa shape index (κ2) is 6.61. The summed E-state index contributed by atoms with van der Waals surface area (Å²) >= 11 is 0. The van der Waals surface area contributed by atoms with Gasteiger partial charge in [0.15, 0.2) is 17.1 Å². The monoisotopic (exact) mass is 405 g/mol. The number of fused-ring (bicyclic) bond motifs is 3. The Morgan fingerprint density at radius 2 is 1.79 bits per heavy atom. The van der Waals surface area contributed by atoms with Crippen LogP contribution < -0.4 is 9.47 Å². The van der Waals surface area contributed by atoms with Gasteiger partial charge in [-0.3, -0.25) is 5.10 Å². The number of ether oxygens (including phenoxy) is 2. The Kier molecular flexibility index (Phi) is 4.33. The van der Waals surface area contributed by atoms with Crippen molar-refractivity contribution in [2.75, 3.05) is 14.2 Å². The summed E-state index contributed by atoms with van der Waals surface area (Å²) in [6, 6.07) is 4.45. The highest BCUT2D eigenvalue weighted by Gasteiger charge is 2.34. The maximum absolute atomic E-state index is 13.8. The van der Waals surface area contributed by atoms with Crippen molar-refractivity contribution < 1.29 is 27.0 Å². The quantitative estimate of drug-likeness (QED) is 0.472. The van der Waals surface area contributed by atoms with E-state index in [-0.39, 0.29) is 11.3 Å². The van der Waals surface area contributed by atoms with Gasteiger partial charge in [-0.15, -0.1) is 0 Å². The molecule has 0 spiro atoms. The van der Waals surface area contributed by atoms with Gasteiger partial charge in [-0.1, -0.05) is 0 Å². The van der Waals surface area contributed by atoms with Crippen LogP contribution in [0.4, 0.5) is 17.6 Å². The van der Waals surface area contributed by atoms with Crippen LogP contribution in [-0.4, -0.2) is 29.4 Å². The molecule has 4 aromatic rings. The van der Waals surface area contributed by atoms with Crippen LogP contribution in [0.1, 0.15) is 11.1 Å². The van der Waals surface area contributed by atoms with E-state index < -0.39 is 17.6 Å². The molecule has 0 unspecified atom stereocenters. The molecule has 5 nitrogen and oxygen atoms in total. The van der Waals surface area contributed by atoms with Crippen LogP contribution in [0.3, 0.4) is 0 Å². The Morgan fingerprint density at radius 3 is 2.45 bits per heavy atom. The van der Waals surface area contributed by atoms with Gasteiger partial charge < -0.3 is 9.47 Å². The van der Waals surface area contributed by atoms with E-state index >= 15 is 0 Å². The topological polar surface area (TPSA) is 60.0 Å². The van der Waals surface area contributed by atoms with Crippen molar-refractivity contribution in [1.82, 2.24) is 15.2 Å². The normalized spacial score (nSPS) is 12.0. The van der Waals surface area contributed by atoms with E-state index in [1.54, 1.807) is 12.3 Å². The van der Waals surface area contributed by atoms with Crippen LogP contribution in [0, 0.1) is 12.7 Å². The molecule has 4 rings (SSSR count). The van der Waals surface area contributed by atoms with Gasteiger partial charge >= 0.3 is 6.18 Å². The minimum Gasteiger partial charge on any atom is -0.493 e. The molecule has 1 N–H and O–H groups in total. The van der Waals surface area contributed by atoms with Gasteiger partial charge in [0.1, 0.15) is 5.82 Å². The van der Waals surface area contributed by atoms with E-state index in [4.69, 9.17) is 9.47 Å². The fourth-order valence-electron chi connectivity index (χ4n) is 3.54. The molecular formula is C20H15F4N3O2. The van der Waals surface area contributed by atoms with E-state index in [1.165, 1.54) is 20.3 Å². The number of aromatic amines is 1. The molecule has 0 aliphatic heterocycles. The van der Waals surface area contributed by atoms with E-state index in [0.717, 1.165) is 17.7 Å². The van der Waals surface area contributed by atoms with Gasteiger partial charge in [-0.2, -0.15) is 18.3 Å². The molecule has 0 saturated carbocycles. The Bertz CT molecular complexity index is 1250. The number of benzene rings is 2. The van der Waals surface area contributed by atoms with E-state index in [0.29, 0.717) is 33.3 Å². The number of aryl methyl sites for hydroxylation is 1. The predicted molar refractivity (Wildman–Crippen MR) is 99.6 cm³/mol. The third-order valence-corrected chi connectivity index (χ3v) is 4.82. The molecule has 29 heavy (non-hydrogen) atoms. The maximum Gasteiger partial charge on any atom is 0.419 e. The molecule has 0 fully saturated rings. The molecule has 0 atom stereocenters. The number of H-pyrrole nitrogens is 1. The summed E-state index contributed by atoms with van der Waals surface area (Å²) in [5.41, 5.74) is 0.112. The number of nitrogens with one attached hydrogen (secondary N) is 1. The summed E-state index contributed by atoms with van der Waals surface area (Å²) < 4.78 is 64.3. The van der Waals surface area contributed by atoms with Gasteiger partial charge in [-0.25, -0.2) is 9.37 Å². The zero-order valence-corrected chi connectivity index (χ0v) is 15.6. The maximum atomic E-state index is 13.8. The molecule has 9 heteroatoms. The van der Waals surface area contributed by atoms with Gasteiger partial charge in [0.2, 0.25) is 0 Å². The number of rotatable bonds is 3. The lowest BCUT2D eigenvalue weighted by molar-refractivity contribution is -0.139. The largest absolute Gasteiger partial charge is 0.493 e. The number of hydrogen-bond acceptors (Lipinski definition) is 4. The van der Waals surface area contributed by atoms with Crippen molar-refractivity contribution in [3.05, 3.63) is 47.4 Å². The number of hydrogen-bond donors (Lipinski definition) is 1. The first-order valence-corrected chi connectivity index (χ1v) is 8.51. The molecule has 2 heterocycles. The van der Waals surface area contributed by atoms with Gasteiger partial charge in [0, 0.05) is 27.3 Å². The number of aromatic nitrogens is 3. The molecule has 0 radical (unpaired) electrons. The predicted octanol–water partition coefficient (Wildman–Crippen LogP) is 5.26. The molecule has 0 aliphatic rings. The smallest absolute Gasteiger partial charge is 0.419 e. The summed E-state index contributed by atoms with van der Waals surface area (Å²) in [6.45, 7) is 1.81. The molecule has 150 valence electrons. The fraction of sp³-hybridized carbons (Fsp3) is 0.200. The van der Waals surface area contributed by atoms with Crippen LogP contribution in [0.5, 0.6) is 11.5 Å². The standard InChI is InChI=1S/C20H15F4N3O2/c1-9-16-11(7-15(28-2)18(9)29-3)17(26-19-12(16)8-25-27-19)10-4-5-14(21)13(6-10)20(22,23)24/h4-8H,1-3H3,(H,25,26,27). The number of pyridine rings is 1. The summed E-state index contributed by atoms with van der Waals surface area (Å²) in [4.78, 5) is 4.45. The van der Waals surface area contributed by atoms with Crippen molar-refractivity contribution in [3.63, 3.8) is 0 Å². The van der Waals surface area contributed by atoms with Gasteiger partial charge in [-0.05, 0) is 31.2 Å². The summed E-state index contributed by atoms with van der Waals surface area (Å²) in [5.74, 6) is -0.445. The lowest BCUT2D eigenvalue weighted by Crippen LogP contribution is -2.08. The Morgan fingerprint density at radius 1 is 1.03 bits per heavy atom. The molecule has 0 aliphatic carbocycles. The third kappa shape index (κ3) is 2.93. The van der Waals surface area contributed by atoms with Crippen molar-refractivity contribution in [3.8, 4) is 22.8 Å². The Hall–Kier alpha value is -3.36. The van der Waals surface area contributed by atoms with E-state index in [1.807, 2.05) is 6.92 Å². The number of methoxy groups -OCH3 is 2. The molecule has 0 amide bonds. The summed E-state index contributed by atoms with van der Waals surface area (Å²) in [5, 5.41) is 8.66. The van der Waals surface area contributed by atoms with Crippen LogP contribution in [0.2, 0.25) is 0 Å².